The van der Waals surface area contributed by atoms with Gasteiger partial charge in [-0.3, -0.25) is 30.3 Å². The van der Waals surface area contributed by atoms with Gasteiger partial charge in [-0.05, 0) is 6.07 Å². The number of para-hydroxylation sites is 1. The van der Waals surface area contributed by atoms with E-state index in [1.54, 1.807) is 24.3 Å². The summed E-state index contributed by atoms with van der Waals surface area (Å²) in [7, 11) is 0. The van der Waals surface area contributed by atoms with Gasteiger partial charge in [0.2, 0.25) is 0 Å². The normalized spacial score (nSPS) is 15.2. The molecule has 1 aliphatic heterocycles. The predicted molar refractivity (Wildman–Crippen MR) is 89.2 cm³/mol. The van der Waals surface area contributed by atoms with Crippen LogP contribution in [-0.2, 0) is 0 Å². The first-order valence-electron chi connectivity index (χ1n) is 7.17. The van der Waals surface area contributed by atoms with Crippen LogP contribution in [0.3, 0.4) is 0 Å². The Morgan fingerprint density at radius 1 is 0.885 bits per heavy atom. The number of hydrogen-bond donors (Lipinski definition) is 1. The standard InChI is InChI=1S/C15H10N4O7/c20-17(21)11-6-10(7-12(8-11)18(22)23)16-15-13(19(24)25)5-9-3-1-2-4-14(9)26-15/h1-8,15-16H. The molecule has 0 bridgehead atoms. The molecule has 26 heavy (non-hydrogen) atoms. The Labute approximate surface area is 145 Å². The highest BCUT2D eigenvalue weighted by atomic mass is 16.6. The highest BCUT2D eigenvalue weighted by Gasteiger charge is 2.32. The van der Waals surface area contributed by atoms with Gasteiger partial charge in [-0.15, -0.1) is 0 Å². The second-order valence-electron chi connectivity index (χ2n) is 5.26. The highest BCUT2D eigenvalue weighted by molar-refractivity contribution is 5.64. The first-order valence-corrected chi connectivity index (χ1v) is 7.17. The van der Waals surface area contributed by atoms with Gasteiger partial charge in [0.25, 0.3) is 17.6 Å². The lowest BCUT2D eigenvalue weighted by Crippen LogP contribution is -2.34. The molecule has 1 aliphatic rings. The van der Waals surface area contributed by atoms with Gasteiger partial charge in [0.1, 0.15) is 5.75 Å². The van der Waals surface area contributed by atoms with E-state index in [2.05, 4.69) is 5.32 Å². The molecular weight excluding hydrogens is 348 g/mol. The molecule has 1 unspecified atom stereocenters. The van der Waals surface area contributed by atoms with Gasteiger partial charge >= 0.3 is 5.70 Å². The van der Waals surface area contributed by atoms with Crippen molar-refractivity contribution < 1.29 is 19.5 Å². The average molecular weight is 358 g/mol. The zero-order valence-electron chi connectivity index (χ0n) is 12.9. The van der Waals surface area contributed by atoms with Crippen molar-refractivity contribution in [2.75, 3.05) is 5.32 Å². The van der Waals surface area contributed by atoms with E-state index in [1.807, 2.05) is 0 Å². The quantitative estimate of drug-likeness (QED) is 0.632. The molecule has 2 aromatic rings. The Morgan fingerprint density at radius 3 is 2.08 bits per heavy atom. The number of nitro benzene ring substituents is 2. The first kappa shape index (κ1) is 16.8. The molecule has 0 radical (unpaired) electrons. The SMILES string of the molecule is O=[N+]([O-])C1=Cc2ccccc2OC1Nc1cc([N+](=O)[O-])cc([N+](=O)[O-])c1. The van der Waals surface area contributed by atoms with Crippen LogP contribution in [0.1, 0.15) is 5.56 Å². The molecule has 2 aromatic carbocycles. The third-order valence-electron chi connectivity index (χ3n) is 3.57. The fraction of sp³-hybridized carbons (Fsp3) is 0.0667. The van der Waals surface area contributed by atoms with E-state index in [-0.39, 0.29) is 11.4 Å². The summed E-state index contributed by atoms with van der Waals surface area (Å²) >= 11 is 0. The van der Waals surface area contributed by atoms with Gasteiger partial charge in [0.15, 0.2) is 0 Å². The number of nitrogens with one attached hydrogen (secondary N) is 1. The summed E-state index contributed by atoms with van der Waals surface area (Å²) < 4.78 is 5.55. The van der Waals surface area contributed by atoms with Crippen molar-refractivity contribution in [1.29, 1.82) is 0 Å². The third-order valence-corrected chi connectivity index (χ3v) is 3.57. The Hall–Kier alpha value is -4.02. The molecule has 0 aromatic heterocycles. The van der Waals surface area contributed by atoms with E-state index in [0.29, 0.717) is 11.3 Å². The molecule has 11 heteroatoms. The van der Waals surface area contributed by atoms with Crippen molar-refractivity contribution >= 4 is 23.1 Å². The first-order chi connectivity index (χ1) is 12.3. The van der Waals surface area contributed by atoms with Crippen molar-refractivity contribution in [2.45, 2.75) is 6.23 Å². The zero-order valence-corrected chi connectivity index (χ0v) is 12.9. The fourth-order valence-electron chi connectivity index (χ4n) is 2.42. The third kappa shape index (κ3) is 3.26. The molecule has 0 saturated heterocycles. The molecule has 0 spiro atoms. The van der Waals surface area contributed by atoms with Crippen LogP contribution in [0.4, 0.5) is 17.1 Å². The van der Waals surface area contributed by atoms with Gasteiger partial charge in [0, 0.05) is 23.8 Å². The van der Waals surface area contributed by atoms with E-state index in [9.17, 15) is 30.3 Å². The molecule has 1 heterocycles. The van der Waals surface area contributed by atoms with Gasteiger partial charge < -0.3 is 10.1 Å². The minimum Gasteiger partial charge on any atom is -0.459 e. The Morgan fingerprint density at radius 2 is 1.50 bits per heavy atom. The summed E-state index contributed by atoms with van der Waals surface area (Å²) in [5, 5.41) is 35.8. The van der Waals surface area contributed by atoms with Crippen LogP contribution < -0.4 is 10.1 Å². The number of ether oxygens (including phenoxy) is 1. The minimum atomic E-state index is -1.28. The maximum absolute atomic E-state index is 11.3. The van der Waals surface area contributed by atoms with Crippen molar-refractivity contribution in [1.82, 2.24) is 0 Å². The summed E-state index contributed by atoms with van der Waals surface area (Å²) in [5.41, 5.74) is -0.933. The topological polar surface area (TPSA) is 151 Å². The highest BCUT2D eigenvalue weighted by Crippen LogP contribution is 2.32. The second kappa shape index (κ2) is 6.47. The Bertz CT molecular complexity index is 925. The van der Waals surface area contributed by atoms with Crippen LogP contribution in [0.5, 0.6) is 5.75 Å². The molecule has 132 valence electrons. The number of nitro groups is 3. The Balaban J connectivity index is 1.99. The van der Waals surface area contributed by atoms with Crippen LogP contribution in [0, 0.1) is 30.3 Å². The number of benzene rings is 2. The number of anilines is 1. The van der Waals surface area contributed by atoms with Gasteiger partial charge in [-0.1, -0.05) is 18.2 Å². The summed E-state index contributed by atoms with van der Waals surface area (Å²) in [4.78, 5) is 31.0. The summed E-state index contributed by atoms with van der Waals surface area (Å²) in [6.45, 7) is 0. The van der Waals surface area contributed by atoms with E-state index in [1.165, 1.54) is 6.08 Å². The molecule has 1 atom stereocenters. The zero-order chi connectivity index (χ0) is 18.8. The van der Waals surface area contributed by atoms with Crippen LogP contribution in [0.25, 0.3) is 6.08 Å². The van der Waals surface area contributed by atoms with E-state index < -0.39 is 32.4 Å². The molecule has 3 rings (SSSR count). The summed E-state index contributed by atoms with van der Waals surface area (Å²) in [6.07, 6.45) is 0.0314. The lowest BCUT2D eigenvalue weighted by Gasteiger charge is -2.23. The largest absolute Gasteiger partial charge is 0.459 e. The van der Waals surface area contributed by atoms with Gasteiger partial charge in [-0.25, -0.2) is 0 Å². The average Bonchev–Trinajstić information content (AvgIpc) is 2.60. The van der Waals surface area contributed by atoms with Crippen molar-refractivity contribution in [3.8, 4) is 5.75 Å². The second-order valence-corrected chi connectivity index (χ2v) is 5.26. The maximum Gasteiger partial charge on any atom is 0.308 e. The molecule has 1 N–H and O–H groups in total. The smallest absolute Gasteiger partial charge is 0.308 e. The maximum atomic E-state index is 11.3. The van der Waals surface area contributed by atoms with Crippen molar-refractivity contribution in [2.24, 2.45) is 0 Å². The van der Waals surface area contributed by atoms with Gasteiger partial charge in [-0.2, -0.15) is 0 Å². The number of hydrogen-bond acceptors (Lipinski definition) is 8. The molecule has 11 nitrogen and oxygen atoms in total. The van der Waals surface area contributed by atoms with Crippen molar-refractivity contribution in [3.63, 3.8) is 0 Å². The molecule has 0 fully saturated rings. The molecule has 0 amide bonds. The lowest BCUT2D eigenvalue weighted by atomic mass is 10.1. The van der Waals surface area contributed by atoms with E-state index in [4.69, 9.17) is 4.74 Å². The van der Waals surface area contributed by atoms with Crippen LogP contribution in [-0.4, -0.2) is 21.0 Å². The summed E-state index contributed by atoms with van der Waals surface area (Å²) in [5.74, 6) is 0.371. The Kier molecular flexibility index (Phi) is 4.19. The van der Waals surface area contributed by atoms with E-state index in [0.717, 1.165) is 18.2 Å². The molecule has 0 saturated carbocycles. The number of non-ortho nitro benzene ring substituents is 2. The monoisotopic (exact) mass is 358 g/mol. The minimum absolute atomic E-state index is 0.0527. The van der Waals surface area contributed by atoms with Crippen LogP contribution >= 0.6 is 0 Å². The number of nitrogens with zero attached hydrogens (tertiary/aromatic N) is 3. The van der Waals surface area contributed by atoms with Gasteiger partial charge in [0.05, 0.1) is 26.5 Å². The summed E-state index contributed by atoms with van der Waals surface area (Å²) in [6, 6.07) is 9.47. The number of fused-ring (bicyclic) bond motifs is 1. The predicted octanol–water partition coefficient (Wildman–Crippen LogP) is 2.95. The van der Waals surface area contributed by atoms with Crippen LogP contribution in [0.15, 0.2) is 48.2 Å². The lowest BCUT2D eigenvalue weighted by molar-refractivity contribution is -0.432. The van der Waals surface area contributed by atoms with Crippen molar-refractivity contribution in [3.05, 3.63) is 84.1 Å². The molecular formula is C15H10N4O7. The molecule has 0 aliphatic carbocycles. The van der Waals surface area contributed by atoms with Crippen LogP contribution in [0.2, 0.25) is 0 Å². The number of rotatable bonds is 5. The fourth-order valence-corrected chi connectivity index (χ4v) is 2.42. The van der Waals surface area contributed by atoms with E-state index >= 15 is 0 Å².